The second-order valence-corrected chi connectivity index (χ2v) is 5.48. The molecule has 1 heterocycles. The highest BCUT2D eigenvalue weighted by atomic mass is 16.5. The molecule has 0 bridgehead atoms. The van der Waals surface area contributed by atoms with Crippen molar-refractivity contribution in [1.82, 2.24) is 9.88 Å². The predicted octanol–water partition coefficient (Wildman–Crippen LogP) is 3.38. The Morgan fingerprint density at radius 1 is 1.20 bits per heavy atom. The molecule has 7 nitrogen and oxygen atoms in total. The third-order valence-corrected chi connectivity index (χ3v) is 3.68. The number of anilines is 1. The number of pyridine rings is 1. The van der Waals surface area contributed by atoms with E-state index in [-0.39, 0.29) is 12.1 Å². The molecule has 0 saturated carbocycles. The van der Waals surface area contributed by atoms with Crippen LogP contribution in [0.3, 0.4) is 0 Å². The van der Waals surface area contributed by atoms with Crippen LogP contribution < -0.4 is 14.8 Å². The van der Waals surface area contributed by atoms with Gasteiger partial charge >= 0.3 is 6.03 Å². The molecule has 0 unspecified atom stereocenters. The second-order valence-electron chi connectivity index (χ2n) is 5.48. The van der Waals surface area contributed by atoms with Gasteiger partial charge < -0.3 is 24.4 Å². The monoisotopic (exact) mass is 345 g/mol. The van der Waals surface area contributed by atoms with Gasteiger partial charge in [-0.2, -0.15) is 0 Å². The van der Waals surface area contributed by atoms with Gasteiger partial charge in [0.1, 0.15) is 17.2 Å². The van der Waals surface area contributed by atoms with E-state index in [1.807, 2.05) is 6.92 Å². The van der Waals surface area contributed by atoms with Crippen LogP contribution in [0.25, 0.3) is 0 Å². The van der Waals surface area contributed by atoms with Crippen molar-refractivity contribution in [2.45, 2.75) is 13.0 Å². The first-order chi connectivity index (χ1) is 12.0. The lowest BCUT2D eigenvalue weighted by Crippen LogP contribution is -2.40. The highest BCUT2D eigenvalue weighted by Crippen LogP contribution is 2.28. The normalized spacial score (nSPS) is 11.5. The number of urea groups is 1. The minimum Gasteiger partial charge on any atom is -0.497 e. The van der Waals surface area contributed by atoms with Crippen LogP contribution in [0.5, 0.6) is 17.4 Å². The van der Waals surface area contributed by atoms with Crippen molar-refractivity contribution in [1.29, 1.82) is 0 Å². The largest absolute Gasteiger partial charge is 0.497 e. The third kappa shape index (κ3) is 5.09. The molecular formula is C18H23N3O4. The summed E-state index contributed by atoms with van der Waals surface area (Å²) in [6, 6.07) is 10.3. The molecule has 0 spiro atoms. The predicted molar refractivity (Wildman–Crippen MR) is 95.4 cm³/mol. The molecule has 0 aliphatic rings. The topological polar surface area (TPSA) is 72.9 Å². The number of ether oxygens (including phenoxy) is 3. The van der Waals surface area contributed by atoms with Gasteiger partial charge in [0.25, 0.3) is 0 Å². The highest BCUT2D eigenvalue weighted by molar-refractivity contribution is 5.90. The van der Waals surface area contributed by atoms with E-state index >= 15 is 0 Å². The first kappa shape index (κ1) is 18.5. The Hall–Kier alpha value is -2.80. The molecular weight excluding hydrogens is 322 g/mol. The van der Waals surface area contributed by atoms with Crippen LogP contribution in [0, 0.1) is 0 Å². The van der Waals surface area contributed by atoms with Crippen molar-refractivity contribution in [3.63, 3.8) is 0 Å². The number of carbonyl (C=O) groups excluding carboxylic acids is 1. The molecule has 0 saturated heterocycles. The standard InChI is InChI=1S/C18H23N3O4/c1-13(12-23-3)21(2)18(22)20-16-6-5-11-19-17(16)25-15-9-7-14(24-4)8-10-15/h5-11,13H,12H2,1-4H3,(H,20,22)/t13-/m0/s1. The smallest absolute Gasteiger partial charge is 0.322 e. The number of aromatic nitrogens is 1. The average Bonchev–Trinajstić information content (AvgIpc) is 2.63. The van der Waals surface area contributed by atoms with Gasteiger partial charge in [-0.1, -0.05) is 0 Å². The van der Waals surface area contributed by atoms with Gasteiger partial charge in [0.2, 0.25) is 5.88 Å². The Balaban J connectivity index is 2.10. The molecule has 1 aromatic heterocycles. The van der Waals surface area contributed by atoms with E-state index in [1.165, 1.54) is 0 Å². The van der Waals surface area contributed by atoms with Crippen molar-refractivity contribution >= 4 is 11.7 Å². The number of amides is 2. The van der Waals surface area contributed by atoms with Gasteiger partial charge in [-0.25, -0.2) is 9.78 Å². The molecule has 0 aliphatic carbocycles. The fraction of sp³-hybridized carbons (Fsp3) is 0.333. The summed E-state index contributed by atoms with van der Waals surface area (Å²) in [5.41, 5.74) is 0.486. The van der Waals surface area contributed by atoms with E-state index in [2.05, 4.69) is 10.3 Å². The van der Waals surface area contributed by atoms with Gasteiger partial charge in [0.15, 0.2) is 0 Å². The number of hydrogen-bond acceptors (Lipinski definition) is 5. The summed E-state index contributed by atoms with van der Waals surface area (Å²) in [4.78, 5) is 18.1. The molecule has 2 rings (SSSR count). The van der Waals surface area contributed by atoms with E-state index < -0.39 is 0 Å². The lowest BCUT2D eigenvalue weighted by atomic mass is 10.3. The van der Waals surface area contributed by atoms with Crippen molar-refractivity contribution in [2.75, 3.05) is 33.2 Å². The molecule has 1 N–H and O–H groups in total. The Labute approximate surface area is 147 Å². The molecule has 1 atom stereocenters. The maximum absolute atomic E-state index is 12.4. The van der Waals surface area contributed by atoms with E-state index in [0.29, 0.717) is 23.9 Å². The van der Waals surface area contributed by atoms with Gasteiger partial charge in [-0.15, -0.1) is 0 Å². The summed E-state index contributed by atoms with van der Waals surface area (Å²) in [7, 11) is 4.91. The quantitative estimate of drug-likeness (QED) is 0.833. The van der Waals surface area contributed by atoms with Crippen LogP contribution in [0.1, 0.15) is 6.92 Å². The zero-order valence-electron chi connectivity index (χ0n) is 14.9. The number of carbonyl (C=O) groups is 1. The second kappa shape index (κ2) is 8.89. The Morgan fingerprint density at radius 3 is 2.52 bits per heavy atom. The molecule has 25 heavy (non-hydrogen) atoms. The number of likely N-dealkylation sites (N-methyl/N-ethyl adjacent to an activating group) is 1. The summed E-state index contributed by atoms with van der Waals surface area (Å²) < 4.78 is 16.0. The molecule has 2 aromatic rings. The number of methoxy groups -OCH3 is 2. The Bertz CT molecular complexity index is 691. The first-order valence-corrected chi connectivity index (χ1v) is 7.84. The van der Waals surface area contributed by atoms with Gasteiger partial charge in [-0.05, 0) is 43.3 Å². The average molecular weight is 345 g/mol. The fourth-order valence-electron chi connectivity index (χ4n) is 2.08. The van der Waals surface area contributed by atoms with Crippen molar-refractivity contribution in [3.8, 4) is 17.4 Å². The van der Waals surface area contributed by atoms with Crippen LogP contribution >= 0.6 is 0 Å². The minimum absolute atomic E-state index is 0.0624. The summed E-state index contributed by atoms with van der Waals surface area (Å²) >= 11 is 0. The van der Waals surface area contributed by atoms with Crippen molar-refractivity contribution in [3.05, 3.63) is 42.6 Å². The zero-order chi connectivity index (χ0) is 18.2. The fourth-order valence-corrected chi connectivity index (χ4v) is 2.08. The maximum Gasteiger partial charge on any atom is 0.322 e. The SMILES string of the molecule is COC[C@H](C)N(C)C(=O)Nc1cccnc1Oc1ccc(OC)cc1. The molecule has 1 aromatic carbocycles. The number of nitrogens with zero attached hydrogens (tertiary/aromatic N) is 2. The summed E-state index contributed by atoms with van der Waals surface area (Å²) in [6.07, 6.45) is 1.60. The maximum atomic E-state index is 12.4. The molecule has 0 radical (unpaired) electrons. The molecule has 7 heteroatoms. The number of nitrogens with one attached hydrogen (secondary N) is 1. The third-order valence-electron chi connectivity index (χ3n) is 3.68. The number of benzene rings is 1. The Kier molecular flexibility index (Phi) is 6.59. The highest BCUT2D eigenvalue weighted by Gasteiger charge is 2.17. The lowest BCUT2D eigenvalue weighted by molar-refractivity contribution is 0.128. The van der Waals surface area contributed by atoms with Crippen molar-refractivity contribution < 1.29 is 19.0 Å². The van der Waals surface area contributed by atoms with E-state index in [9.17, 15) is 4.79 Å². The van der Waals surface area contributed by atoms with E-state index in [1.54, 1.807) is 68.8 Å². The zero-order valence-corrected chi connectivity index (χ0v) is 14.9. The van der Waals surface area contributed by atoms with Crippen LogP contribution in [0.4, 0.5) is 10.5 Å². The van der Waals surface area contributed by atoms with Crippen LogP contribution in [-0.4, -0.2) is 49.8 Å². The van der Waals surface area contributed by atoms with Gasteiger partial charge in [0.05, 0.1) is 19.8 Å². The number of hydrogen-bond donors (Lipinski definition) is 1. The number of rotatable bonds is 7. The van der Waals surface area contributed by atoms with Gasteiger partial charge in [-0.3, -0.25) is 0 Å². The Morgan fingerprint density at radius 2 is 1.88 bits per heavy atom. The minimum atomic E-state index is -0.267. The van der Waals surface area contributed by atoms with Crippen molar-refractivity contribution in [2.24, 2.45) is 0 Å². The summed E-state index contributed by atoms with van der Waals surface area (Å²) in [5, 5.41) is 2.81. The molecule has 2 amide bonds. The van der Waals surface area contributed by atoms with E-state index in [4.69, 9.17) is 14.2 Å². The van der Waals surface area contributed by atoms with Crippen LogP contribution in [-0.2, 0) is 4.74 Å². The van der Waals surface area contributed by atoms with Crippen LogP contribution in [0.2, 0.25) is 0 Å². The molecule has 134 valence electrons. The summed E-state index contributed by atoms with van der Waals surface area (Å²) in [6.45, 7) is 2.35. The molecule has 0 aliphatic heterocycles. The van der Waals surface area contributed by atoms with E-state index in [0.717, 1.165) is 5.75 Å². The molecule has 0 fully saturated rings. The van der Waals surface area contributed by atoms with Crippen LogP contribution in [0.15, 0.2) is 42.6 Å². The van der Waals surface area contributed by atoms with Gasteiger partial charge in [0, 0.05) is 20.4 Å². The first-order valence-electron chi connectivity index (χ1n) is 7.84. The summed E-state index contributed by atoms with van der Waals surface area (Å²) in [5.74, 6) is 1.64. The lowest BCUT2D eigenvalue weighted by Gasteiger charge is -2.24.